The summed E-state index contributed by atoms with van der Waals surface area (Å²) in [6, 6.07) is 6.01. The number of H-pyrrole nitrogens is 1. The van der Waals surface area contributed by atoms with Crippen LogP contribution >= 0.6 is 0 Å². The molecule has 0 fully saturated rings. The quantitative estimate of drug-likeness (QED) is 0.682. The largest absolute Gasteiger partial charge is 0.435 e. The van der Waals surface area contributed by atoms with Crippen molar-refractivity contribution >= 4 is 28.5 Å². The molecule has 3 aromatic rings. The van der Waals surface area contributed by atoms with Gasteiger partial charge in [0.15, 0.2) is 5.65 Å². The highest BCUT2D eigenvalue weighted by atomic mass is 19.3. The predicted molar refractivity (Wildman–Crippen MR) is 72.5 cm³/mol. The first-order chi connectivity index (χ1) is 10.1. The number of rotatable bonds is 4. The molecule has 2 heterocycles. The Labute approximate surface area is 117 Å². The van der Waals surface area contributed by atoms with Crippen molar-refractivity contribution in [1.29, 1.82) is 0 Å². The first-order valence-corrected chi connectivity index (χ1v) is 5.90. The molecule has 9 heteroatoms. The van der Waals surface area contributed by atoms with Crippen LogP contribution in [-0.2, 0) is 0 Å². The number of alkyl halides is 2. The number of ether oxygens (including phenoxy) is 1. The van der Waals surface area contributed by atoms with E-state index in [1.165, 1.54) is 12.1 Å². The third kappa shape index (κ3) is 2.81. The zero-order valence-corrected chi connectivity index (χ0v) is 10.5. The molecule has 0 saturated heterocycles. The standard InChI is InChI=1S/C12H10F2N6O/c13-11(14)21-7-3-1-6(2-4-7)17-9-8-5-16-20-10(8)19-12(15)18-9/h1-5,11H,(H4,15,16,17,18,19,20). The van der Waals surface area contributed by atoms with Gasteiger partial charge in [-0.1, -0.05) is 0 Å². The summed E-state index contributed by atoms with van der Waals surface area (Å²) in [6.45, 7) is -2.85. The maximum Gasteiger partial charge on any atom is 0.387 e. The van der Waals surface area contributed by atoms with Crippen LogP contribution in [0.4, 0.5) is 26.2 Å². The Morgan fingerprint density at radius 3 is 2.67 bits per heavy atom. The molecular formula is C12H10F2N6O. The second-order valence-corrected chi connectivity index (χ2v) is 4.09. The normalized spacial score (nSPS) is 11.0. The summed E-state index contributed by atoms with van der Waals surface area (Å²) in [5.41, 5.74) is 6.74. The number of nitrogens with one attached hydrogen (secondary N) is 2. The highest BCUT2D eigenvalue weighted by Gasteiger charge is 2.09. The van der Waals surface area contributed by atoms with Gasteiger partial charge in [0.05, 0.1) is 11.6 Å². The van der Waals surface area contributed by atoms with E-state index >= 15 is 0 Å². The summed E-state index contributed by atoms with van der Waals surface area (Å²) in [6.07, 6.45) is 1.56. The van der Waals surface area contributed by atoms with Crippen molar-refractivity contribution in [2.45, 2.75) is 6.61 Å². The molecule has 3 rings (SSSR count). The van der Waals surface area contributed by atoms with E-state index in [-0.39, 0.29) is 11.7 Å². The molecule has 0 aliphatic rings. The number of hydrogen-bond donors (Lipinski definition) is 3. The van der Waals surface area contributed by atoms with Gasteiger partial charge in [-0.3, -0.25) is 5.10 Å². The van der Waals surface area contributed by atoms with Crippen molar-refractivity contribution in [3.63, 3.8) is 0 Å². The van der Waals surface area contributed by atoms with Gasteiger partial charge >= 0.3 is 6.61 Å². The van der Waals surface area contributed by atoms with Gasteiger partial charge in [-0.2, -0.15) is 23.8 Å². The zero-order chi connectivity index (χ0) is 14.8. The maximum absolute atomic E-state index is 12.1. The van der Waals surface area contributed by atoms with Crippen LogP contribution in [-0.4, -0.2) is 26.8 Å². The lowest BCUT2D eigenvalue weighted by molar-refractivity contribution is -0.0498. The van der Waals surface area contributed by atoms with Crippen molar-refractivity contribution in [2.24, 2.45) is 0 Å². The molecule has 1 aromatic carbocycles. The predicted octanol–water partition coefficient (Wildman–Crippen LogP) is 2.28. The number of nitrogens with two attached hydrogens (primary N) is 1. The summed E-state index contributed by atoms with van der Waals surface area (Å²) >= 11 is 0. The third-order valence-electron chi connectivity index (χ3n) is 2.67. The number of nitrogen functional groups attached to an aromatic ring is 1. The molecule has 0 bridgehead atoms. The second kappa shape index (κ2) is 5.19. The Balaban J connectivity index is 1.86. The number of fused-ring (bicyclic) bond motifs is 1. The molecule has 0 amide bonds. The minimum atomic E-state index is -2.85. The minimum Gasteiger partial charge on any atom is -0.435 e. The molecule has 0 atom stereocenters. The lowest BCUT2D eigenvalue weighted by atomic mass is 10.3. The molecule has 108 valence electrons. The first kappa shape index (κ1) is 13.0. The van der Waals surface area contributed by atoms with Gasteiger partial charge in [0, 0.05) is 5.69 Å². The summed E-state index contributed by atoms with van der Waals surface area (Å²) in [5, 5.41) is 10.2. The molecule has 0 saturated carbocycles. The van der Waals surface area contributed by atoms with E-state index < -0.39 is 6.61 Å². The summed E-state index contributed by atoms with van der Waals surface area (Å²) in [7, 11) is 0. The van der Waals surface area contributed by atoms with Crippen LogP contribution in [0.15, 0.2) is 30.5 Å². The first-order valence-electron chi connectivity index (χ1n) is 5.90. The SMILES string of the molecule is Nc1nc(Nc2ccc(OC(F)F)cc2)c2cn[nH]c2n1. The second-order valence-electron chi connectivity index (χ2n) is 4.09. The van der Waals surface area contributed by atoms with Gasteiger partial charge in [-0.25, -0.2) is 0 Å². The average molecular weight is 292 g/mol. The Hall–Kier alpha value is -2.97. The van der Waals surface area contributed by atoms with Crippen molar-refractivity contribution in [3.05, 3.63) is 30.5 Å². The van der Waals surface area contributed by atoms with Gasteiger partial charge in [0.2, 0.25) is 5.95 Å². The molecule has 7 nitrogen and oxygen atoms in total. The maximum atomic E-state index is 12.1. The highest BCUT2D eigenvalue weighted by molar-refractivity contribution is 5.88. The average Bonchev–Trinajstić information content (AvgIpc) is 2.88. The minimum absolute atomic E-state index is 0.0752. The topological polar surface area (TPSA) is 102 Å². The van der Waals surface area contributed by atoms with Crippen LogP contribution in [0.3, 0.4) is 0 Å². The van der Waals surface area contributed by atoms with E-state index in [0.717, 1.165) is 0 Å². The van der Waals surface area contributed by atoms with Crippen molar-refractivity contribution in [1.82, 2.24) is 20.2 Å². The van der Waals surface area contributed by atoms with Crippen LogP contribution in [0, 0.1) is 0 Å². The van der Waals surface area contributed by atoms with Crippen LogP contribution in [0.1, 0.15) is 0 Å². The summed E-state index contributed by atoms with van der Waals surface area (Å²) in [5.74, 6) is 0.631. The van der Waals surface area contributed by atoms with Gasteiger partial charge in [-0.15, -0.1) is 0 Å². The van der Waals surface area contributed by atoms with Crippen LogP contribution in [0.25, 0.3) is 11.0 Å². The van der Waals surface area contributed by atoms with E-state index in [4.69, 9.17) is 5.73 Å². The summed E-state index contributed by atoms with van der Waals surface area (Å²) in [4.78, 5) is 8.07. The molecule has 2 aromatic heterocycles. The number of aromatic amines is 1. The lowest BCUT2D eigenvalue weighted by Crippen LogP contribution is -2.02. The number of aromatic nitrogens is 4. The van der Waals surface area contributed by atoms with Gasteiger partial charge in [-0.05, 0) is 24.3 Å². The molecule has 0 radical (unpaired) electrons. The van der Waals surface area contributed by atoms with E-state index in [9.17, 15) is 8.78 Å². The number of benzene rings is 1. The molecule has 0 unspecified atom stereocenters. The number of nitrogens with zero attached hydrogens (tertiary/aromatic N) is 3. The lowest BCUT2D eigenvalue weighted by Gasteiger charge is -2.08. The molecular weight excluding hydrogens is 282 g/mol. The van der Waals surface area contributed by atoms with Crippen molar-refractivity contribution in [2.75, 3.05) is 11.1 Å². The Morgan fingerprint density at radius 2 is 1.95 bits per heavy atom. The third-order valence-corrected chi connectivity index (χ3v) is 2.67. The fourth-order valence-electron chi connectivity index (χ4n) is 1.80. The van der Waals surface area contributed by atoms with E-state index in [1.807, 2.05) is 0 Å². The Kier molecular flexibility index (Phi) is 3.22. The van der Waals surface area contributed by atoms with Gasteiger partial charge < -0.3 is 15.8 Å². The van der Waals surface area contributed by atoms with Crippen molar-refractivity contribution in [3.8, 4) is 5.75 Å². The fourth-order valence-corrected chi connectivity index (χ4v) is 1.80. The monoisotopic (exact) mass is 292 g/mol. The number of halogens is 2. The smallest absolute Gasteiger partial charge is 0.387 e. The van der Waals surface area contributed by atoms with Crippen LogP contribution in [0.2, 0.25) is 0 Å². The molecule has 0 aliphatic heterocycles. The van der Waals surface area contributed by atoms with Crippen LogP contribution in [0.5, 0.6) is 5.75 Å². The molecule has 0 spiro atoms. The van der Waals surface area contributed by atoms with Crippen molar-refractivity contribution < 1.29 is 13.5 Å². The Bertz CT molecular complexity index is 758. The van der Waals surface area contributed by atoms with E-state index in [2.05, 4.69) is 30.2 Å². The molecule has 4 N–H and O–H groups in total. The molecule has 0 aliphatic carbocycles. The van der Waals surface area contributed by atoms with Gasteiger partial charge in [0.1, 0.15) is 11.6 Å². The Morgan fingerprint density at radius 1 is 1.19 bits per heavy atom. The fraction of sp³-hybridized carbons (Fsp3) is 0.0833. The summed E-state index contributed by atoms with van der Waals surface area (Å²) < 4.78 is 28.4. The number of hydrogen-bond acceptors (Lipinski definition) is 6. The zero-order valence-electron chi connectivity index (χ0n) is 10.5. The van der Waals surface area contributed by atoms with E-state index in [1.54, 1.807) is 18.3 Å². The number of anilines is 3. The molecule has 21 heavy (non-hydrogen) atoms. The highest BCUT2D eigenvalue weighted by Crippen LogP contribution is 2.24. The van der Waals surface area contributed by atoms with Crippen LogP contribution < -0.4 is 15.8 Å². The van der Waals surface area contributed by atoms with Gasteiger partial charge in [0.25, 0.3) is 0 Å². The van der Waals surface area contributed by atoms with E-state index in [0.29, 0.717) is 22.5 Å².